The van der Waals surface area contributed by atoms with Crippen LogP contribution in [-0.4, -0.2) is 27.3 Å². The Morgan fingerprint density at radius 1 is 1.54 bits per heavy atom. The maximum absolute atomic E-state index is 11.0. The molecule has 0 heterocycles. The van der Waals surface area contributed by atoms with E-state index in [4.69, 9.17) is 9.16 Å². The molecule has 0 aromatic rings. The third-order valence-electron chi connectivity index (χ3n) is 1.19. The molecule has 0 spiro atoms. The summed E-state index contributed by atoms with van der Waals surface area (Å²) in [5, 5.41) is 0. The second-order valence-electron chi connectivity index (χ2n) is 3.23. The van der Waals surface area contributed by atoms with E-state index in [-0.39, 0.29) is 12.1 Å². The number of rotatable bonds is 5. The molecule has 0 aromatic carbocycles. The zero-order valence-corrected chi connectivity index (χ0v) is 9.72. The van der Waals surface area contributed by atoms with Gasteiger partial charge in [0.1, 0.15) is 6.23 Å². The van der Waals surface area contributed by atoms with Gasteiger partial charge in [0.25, 0.3) is 0 Å². The van der Waals surface area contributed by atoms with Crippen LogP contribution < -0.4 is 0 Å². The number of hydrogen-bond acceptors (Lipinski definition) is 3. The summed E-state index contributed by atoms with van der Waals surface area (Å²) in [4.78, 5) is 11.0. The lowest BCUT2D eigenvalue weighted by atomic mass is 10.4. The molecule has 0 aliphatic heterocycles. The minimum Gasteiger partial charge on any atom is -0.463 e. The van der Waals surface area contributed by atoms with E-state index in [2.05, 4.69) is 6.58 Å². The van der Waals surface area contributed by atoms with E-state index in [1.807, 2.05) is 20.4 Å². The minimum absolute atomic E-state index is 0.197. The third kappa shape index (κ3) is 6.54. The first-order valence-electron chi connectivity index (χ1n) is 4.25. The highest BCUT2D eigenvalue weighted by atomic mass is 28.3. The van der Waals surface area contributed by atoms with Gasteiger partial charge in [-0.1, -0.05) is 6.58 Å². The molecule has 0 rings (SSSR count). The van der Waals surface area contributed by atoms with Crippen molar-refractivity contribution in [2.45, 2.75) is 33.4 Å². The van der Waals surface area contributed by atoms with Gasteiger partial charge in [-0.3, -0.25) is 0 Å². The van der Waals surface area contributed by atoms with Crippen LogP contribution >= 0.6 is 0 Å². The van der Waals surface area contributed by atoms with E-state index < -0.39 is 9.04 Å². The topological polar surface area (TPSA) is 35.5 Å². The number of esters is 1. The van der Waals surface area contributed by atoms with E-state index in [9.17, 15) is 4.79 Å². The average molecular weight is 201 g/mol. The van der Waals surface area contributed by atoms with Crippen molar-refractivity contribution in [1.29, 1.82) is 0 Å². The Morgan fingerprint density at radius 2 is 2.08 bits per heavy atom. The van der Waals surface area contributed by atoms with Crippen molar-refractivity contribution in [3.8, 4) is 0 Å². The van der Waals surface area contributed by atoms with Crippen LogP contribution in [0.3, 0.4) is 0 Å². The Kier molecular flexibility index (Phi) is 5.66. The average Bonchev–Trinajstić information content (AvgIpc) is 1.98. The summed E-state index contributed by atoms with van der Waals surface area (Å²) in [7, 11) is -1.00. The Bertz CT molecular complexity index is 189. The predicted molar refractivity (Wildman–Crippen MR) is 53.6 cm³/mol. The molecule has 0 aliphatic carbocycles. The van der Waals surface area contributed by atoms with Gasteiger partial charge in [-0.25, -0.2) is 4.79 Å². The summed E-state index contributed by atoms with van der Waals surface area (Å²) >= 11 is 0. The van der Waals surface area contributed by atoms with Gasteiger partial charge in [0.2, 0.25) is 9.04 Å². The van der Waals surface area contributed by atoms with Crippen LogP contribution in [0, 0.1) is 0 Å². The molecule has 4 heteroatoms. The van der Waals surface area contributed by atoms with Crippen molar-refractivity contribution in [3.05, 3.63) is 12.2 Å². The van der Waals surface area contributed by atoms with Gasteiger partial charge < -0.3 is 9.16 Å². The zero-order chi connectivity index (χ0) is 10.4. The molecule has 13 heavy (non-hydrogen) atoms. The second-order valence-corrected chi connectivity index (χ2v) is 5.15. The van der Waals surface area contributed by atoms with Gasteiger partial charge in [-0.15, -0.1) is 0 Å². The summed E-state index contributed by atoms with van der Waals surface area (Å²) < 4.78 is 10.4. The molecule has 0 saturated carbocycles. The summed E-state index contributed by atoms with van der Waals surface area (Å²) in [6.45, 7) is 11.0. The number of carbonyl (C=O) groups excluding carboxylic acids is 1. The fourth-order valence-electron chi connectivity index (χ4n) is 0.727. The van der Waals surface area contributed by atoms with Crippen molar-refractivity contribution in [2.75, 3.05) is 6.23 Å². The SMILES string of the molecule is C=C(C)C(=O)OC[Si](C)OC(C)C. The fraction of sp³-hybridized carbons (Fsp3) is 0.667. The van der Waals surface area contributed by atoms with Crippen LogP contribution in [0.4, 0.5) is 0 Å². The van der Waals surface area contributed by atoms with Crippen molar-refractivity contribution in [3.63, 3.8) is 0 Å². The summed E-state index contributed by atoms with van der Waals surface area (Å²) in [5.74, 6) is -0.336. The monoisotopic (exact) mass is 201 g/mol. The highest BCUT2D eigenvalue weighted by molar-refractivity contribution is 6.50. The first-order valence-corrected chi connectivity index (χ1v) is 6.36. The standard InChI is InChI=1S/C9H17O3Si/c1-7(2)9(10)11-6-13(5)12-8(3)4/h8H,1,6H2,2-5H3. The van der Waals surface area contributed by atoms with Crippen LogP contribution in [0.15, 0.2) is 12.2 Å². The van der Waals surface area contributed by atoms with Crippen molar-refractivity contribution < 1.29 is 14.0 Å². The highest BCUT2D eigenvalue weighted by Gasteiger charge is 2.11. The first-order chi connectivity index (χ1) is 5.93. The van der Waals surface area contributed by atoms with Crippen molar-refractivity contribution >= 4 is 15.0 Å². The molecule has 0 saturated heterocycles. The molecule has 3 nitrogen and oxygen atoms in total. The van der Waals surface area contributed by atoms with Crippen LogP contribution in [0.5, 0.6) is 0 Å². The zero-order valence-electron chi connectivity index (χ0n) is 8.72. The molecule has 0 fully saturated rings. The van der Waals surface area contributed by atoms with Crippen molar-refractivity contribution in [1.82, 2.24) is 0 Å². The van der Waals surface area contributed by atoms with Gasteiger partial charge in [0, 0.05) is 11.7 Å². The molecule has 1 radical (unpaired) electrons. The third-order valence-corrected chi connectivity index (χ3v) is 2.62. The molecule has 0 aliphatic rings. The fourth-order valence-corrected chi connectivity index (χ4v) is 1.93. The molecular formula is C9H17O3Si. The van der Waals surface area contributed by atoms with E-state index in [1.54, 1.807) is 6.92 Å². The van der Waals surface area contributed by atoms with Gasteiger partial charge in [-0.05, 0) is 27.3 Å². The van der Waals surface area contributed by atoms with Gasteiger partial charge in [-0.2, -0.15) is 0 Å². The summed E-state index contributed by atoms with van der Waals surface area (Å²) in [5.41, 5.74) is 0.430. The molecule has 0 amide bonds. The van der Waals surface area contributed by atoms with E-state index in [0.717, 1.165) is 0 Å². The van der Waals surface area contributed by atoms with Gasteiger partial charge >= 0.3 is 5.97 Å². The largest absolute Gasteiger partial charge is 0.463 e. The summed E-state index contributed by atoms with van der Waals surface area (Å²) in [6.07, 6.45) is 0.580. The Morgan fingerprint density at radius 3 is 2.46 bits per heavy atom. The van der Waals surface area contributed by atoms with Gasteiger partial charge in [0.15, 0.2) is 0 Å². The quantitative estimate of drug-likeness (QED) is 0.386. The molecule has 75 valence electrons. The van der Waals surface area contributed by atoms with Gasteiger partial charge in [0.05, 0.1) is 0 Å². The first kappa shape index (κ1) is 12.4. The van der Waals surface area contributed by atoms with Crippen LogP contribution in [0.1, 0.15) is 20.8 Å². The molecular weight excluding hydrogens is 184 g/mol. The maximum atomic E-state index is 11.0. The molecule has 0 N–H and O–H groups in total. The second kappa shape index (κ2) is 5.94. The lowest BCUT2D eigenvalue weighted by Gasteiger charge is -2.13. The predicted octanol–water partition coefficient (Wildman–Crippen LogP) is 1.69. The number of hydrogen-bond donors (Lipinski definition) is 0. The molecule has 0 unspecified atom stereocenters. The van der Waals surface area contributed by atoms with Crippen molar-refractivity contribution in [2.24, 2.45) is 0 Å². The highest BCUT2D eigenvalue weighted by Crippen LogP contribution is 1.97. The number of carbonyl (C=O) groups is 1. The van der Waals surface area contributed by atoms with Crippen LogP contribution in [0.2, 0.25) is 6.55 Å². The Hall–Kier alpha value is -0.613. The molecule has 0 aromatic heterocycles. The van der Waals surface area contributed by atoms with Crippen LogP contribution in [-0.2, 0) is 14.0 Å². The lowest BCUT2D eigenvalue weighted by Crippen LogP contribution is -2.26. The normalized spacial score (nSPS) is 10.6. The smallest absolute Gasteiger partial charge is 0.332 e. The van der Waals surface area contributed by atoms with Crippen LogP contribution in [0.25, 0.3) is 0 Å². The lowest BCUT2D eigenvalue weighted by molar-refractivity contribution is -0.137. The summed E-state index contributed by atoms with van der Waals surface area (Å²) in [6, 6.07) is 0. The Labute approximate surface area is 81.5 Å². The molecule has 0 bridgehead atoms. The Balaban J connectivity index is 3.64. The number of ether oxygens (including phenoxy) is 1. The van der Waals surface area contributed by atoms with E-state index in [1.165, 1.54) is 0 Å². The maximum Gasteiger partial charge on any atom is 0.332 e. The van der Waals surface area contributed by atoms with E-state index in [0.29, 0.717) is 11.8 Å². The van der Waals surface area contributed by atoms with E-state index >= 15 is 0 Å². The molecule has 0 atom stereocenters. The minimum atomic E-state index is -1.00.